The first-order valence-corrected chi connectivity index (χ1v) is 4.67. The van der Waals surface area contributed by atoms with Gasteiger partial charge in [0, 0.05) is 0 Å². The van der Waals surface area contributed by atoms with E-state index in [2.05, 4.69) is 20.8 Å². The van der Waals surface area contributed by atoms with Crippen LogP contribution < -0.4 is 5.73 Å². The molecule has 0 spiro atoms. The van der Waals surface area contributed by atoms with E-state index in [1.54, 1.807) is 6.08 Å². The van der Waals surface area contributed by atoms with E-state index in [4.69, 9.17) is 10.8 Å². The lowest BCUT2D eigenvalue weighted by molar-refractivity contribution is 0.143. The Morgan fingerprint density at radius 1 is 1.46 bits per heavy atom. The van der Waals surface area contributed by atoms with Crippen molar-refractivity contribution >= 4 is 0 Å². The van der Waals surface area contributed by atoms with Gasteiger partial charge in [0.05, 0.1) is 18.8 Å². The van der Waals surface area contributed by atoms with E-state index >= 15 is 0 Å². The Labute approximate surface area is 80.3 Å². The molecule has 0 aromatic rings. The van der Waals surface area contributed by atoms with Crippen LogP contribution in [0.2, 0.25) is 0 Å². The summed E-state index contributed by atoms with van der Waals surface area (Å²) < 4.78 is 0. The van der Waals surface area contributed by atoms with Crippen molar-refractivity contribution in [2.24, 2.45) is 11.1 Å². The van der Waals surface area contributed by atoms with Crippen molar-refractivity contribution in [2.75, 3.05) is 6.61 Å². The van der Waals surface area contributed by atoms with Crippen molar-refractivity contribution in [1.82, 2.24) is 0 Å². The maximum absolute atomic E-state index is 9.40. The van der Waals surface area contributed by atoms with Gasteiger partial charge in [0.25, 0.3) is 0 Å². The van der Waals surface area contributed by atoms with Crippen molar-refractivity contribution in [3.05, 3.63) is 12.2 Å². The largest absolute Gasteiger partial charge is 0.395 e. The molecule has 0 rings (SSSR count). The average molecular weight is 187 g/mol. The van der Waals surface area contributed by atoms with Crippen molar-refractivity contribution in [2.45, 2.75) is 39.3 Å². The molecular weight excluding hydrogens is 166 g/mol. The zero-order chi connectivity index (χ0) is 10.5. The first-order valence-electron chi connectivity index (χ1n) is 4.67. The predicted molar refractivity (Wildman–Crippen MR) is 54.3 cm³/mol. The molecule has 0 aromatic heterocycles. The van der Waals surface area contributed by atoms with Gasteiger partial charge in [-0.05, 0) is 11.8 Å². The van der Waals surface area contributed by atoms with Gasteiger partial charge in [-0.15, -0.1) is 0 Å². The molecule has 2 atom stereocenters. The summed E-state index contributed by atoms with van der Waals surface area (Å²) in [4.78, 5) is 0. The van der Waals surface area contributed by atoms with E-state index in [1.165, 1.54) is 0 Å². The molecule has 0 aliphatic heterocycles. The molecule has 3 heteroatoms. The van der Waals surface area contributed by atoms with Crippen LogP contribution in [0.5, 0.6) is 0 Å². The molecule has 0 bridgehead atoms. The Kier molecular flexibility index (Phi) is 5.21. The third-order valence-corrected chi connectivity index (χ3v) is 2.31. The summed E-state index contributed by atoms with van der Waals surface area (Å²) in [6.45, 7) is 6.06. The second-order valence-corrected chi connectivity index (χ2v) is 4.04. The average Bonchev–Trinajstić information content (AvgIpc) is 2.13. The summed E-state index contributed by atoms with van der Waals surface area (Å²) in [6, 6.07) is -0.580. The van der Waals surface area contributed by atoms with Crippen LogP contribution in [0.25, 0.3) is 0 Å². The van der Waals surface area contributed by atoms with Gasteiger partial charge in [-0.2, -0.15) is 0 Å². The smallest absolute Gasteiger partial charge is 0.0894 e. The Morgan fingerprint density at radius 2 is 2.00 bits per heavy atom. The second-order valence-electron chi connectivity index (χ2n) is 4.04. The Morgan fingerprint density at radius 3 is 2.38 bits per heavy atom. The number of hydrogen-bond donors (Lipinski definition) is 3. The van der Waals surface area contributed by atoms with E-state index in [1.807, 2.05) is 6.08 Å². The third-order valence-electron chi connectivity index (χ3n) is 2.31. The van der Waals surface area contributed by atoms with E-state index in [0.29, 0.717) is 0 Å². The molecule has 3 nitrogen and oxygen atoms in total. The molecule has 0 aromatic carbocycles. The predicted octanol–water partition coefficient (Wildman–Crippen LogP) is 0.659. The maximum Gasteiger partial charge on any atom is 0.0894 e. The van der Waals surface area contributed by atoms with Gasteiger partial charge in [-0.3, -0.25) is 0 Å². The second kappa shape index (κ2) is 5.37. The minimum absolute atomic E-state index is 0.0795. The monoisotopic (exact) mass is 187 g/mol. The number of nitrogens with two attached hydrogens (primary N) is 1. The van der Waals surface area contributed by atoms with Gasteiger partial charge in [0.1, 0.15) is 0 Å². The van der Waals surface area contributed by atoms with Crippen LogP contribution in [0, 0.1) is 5.41 Å². The van der Waals surface area contributed by atoms with Crippen LogP contribution >= 0.6 is 0 Å². The molecule has 0 radical (unpaired) electrons. The standard InChI is InChI=1S/C10H21NO2/c1-4-10(2,3)6-5-9(13)8(11)7-12/h5-6,8-9,12-13H,4,7,11H2,1-3H3. The van der Waals surface area contributed by atoms with Crippen LogP contribution in [0.1, 0.15) is 27.2 Å². The minimum Gasteiger partial charge on any atom is -0.395 e. The Bertz CT molecular complexity index is 166. The van der Waals surface area contributed by atoms with E-state index < -0.39 is 12.1 Å². The molecule has 78 valence electrons. The molecule has 13 heavy (non-hydrogen) atoms. The molecule has 0 fully saturated rings. The summed E-state index contributed by atoms with van der Waals surface area (Å²) in [7, 11) is 0. The number of rotatable bonds is 5. The highest BCUT2D eigenvalue weighted by molar-refractivity contribution is 5.00. The summed E-state index contributed by atoms with van der Waals surface area (Å²) in [6.07, 6.45) is 3.85. The quantitative estimate of drug-likeness (QED) is 0.554. The molecule has 0 amide bonds. The fourth-order valence-electron chi connectivity index (χ4n) is 0.728. The molecule has 0 saturated heterocycles. The van der Waals surface area contributed by atoms with Crippen molar-refractivity contribution < 1.29 is 10.2 Å². The summed E-state index contributed by atoms with van der Waals surface area (Å²) in [5.41, 5.74) is 5.52. The SMILES string of the molecule is CCC(C)(C)C=CC(O)C(N)CO. The lowest BCUT2D eigenvalue weighted by Gasteiger charge is -2.19. The molecule has 0 aliphatic rings. The summed E-state index contributed by atoms with van der Waals surface area (Å²) >= 11 is 0. The van der Waals surface area contributed by atoms with E-state index in [9.17, 15) is 5.11 Å². The molecular formula is C10H21NO2. The van der Waals surface area contributed by atoms with Crippen LogP contribution in [0.3, 0.4) is 0 Å². The lowest BCUT2D eigenvalue weighted by Crippen LogP contribution is -2.36. The Hall–Kier alpha value is -0.380. The highest BCUT2D eigenvalue weighted by atomic mass is 16.3. The van der Waals surface area contributed by atoms with Crippen molar-refractivity contribution in [3.8, 4) is 0 Å². The van der Waals surface area contributed by atoms with Gasteiger partial charge in [0.2, 0.25) is 0 Å². The van der Waals surface area contributed by atoms with Gasteiger partial charge in [-0.25, -0.2) is 0 Å². The zero-order valence-corrected chi connectivity index (χ0v) is 8.70. The molecule has 0 heterocycles. The normalized spacial score (nSPS) is 17.7. The zero-order valence-electron chi connectivity index (χ0n) is 8.70. The summed E-state index contributed by atoms with van der Waals surface area (Å²) in [5.74, 6) is 0. The van der Waals surface area contributed by atoms with Crippen LogP contribution in [0.15, 0.2) is 12.2 Å². The highest BCUT2D eigenvalue weighted by Gasteiger charge is 2.14. The summed E-state index contributed by atoms with van der Waals surface area (Å²) in [5, 5.41) is 18.1. The molecule has 0 aliphatic carbocycles. The molecule has 4 N–H and O–H groups in total. The van der Waals surface area contributed by atoms with Gasteiger partial charge >= 0.3 is 0 Å². The first-order chi connectivity index (χ1) is 5.93. The molecule has 2 unspecified atom stereocenters. The van der Waals surface area contributed by atoms with Gasteiger partial charge in [-0.1, -0.05) is 32.9 Å². The fourth-order valence-corrected chi connectivity index (χ4v) is 0.728. The molecule has 0 saturated carbocycles. The van der Waals surface area contributed by atoms with Crippen LogP contribution in [-0.4, -0.2) is 29.0 Å². The lowest BCUT2D eigenvalue weighted by atomic mass is 9.89. The van der Waals surface area contributed by atoms with Gasteiger partial charge in [0.15, 0.2) is 0 Å². The van der Waals surface area contributed by atoms with Crippen molar-refractivity contribution in [1.29, 1.82) is 0 Å². The highest BCUT2D eigenvalue weighted by Crippen LogP contribution is 2.21. The van der Waals surface area contributed by atoms with Crippen LogP contribution in [0.4, 0.5) is 0 Å². The number of allylic oxidation sites excluding steroid dienone is 1. The van der Waals surface area contributed by atoms with E-state index in [0.717, 1.165) is 6.42 Å². The third kappa shape index (κ3) is 5.03. The number of hydrogen-bond acceptors (Lipinski definition) is 3. The number of aliphatic hydroxyl groups excluding tert-OH is 2. The van der Waals surface area contributed by atoms with E-state index in [-0.39, 0.29) is 12.0 Å². The van der Waals surface area contributed by atoms with Crippen molar-refractivity contribution in [3.63, 3.8) is 0 Å². The van der Waals surface area contributed by atoms with Crippen LogP contribution in [-0.2, 0) is 0 Å². The first kappa shape index (κ1) is 12.6. The number of aliphatic hydroxyl groups is 2. The minimum atomic E-state index is -0.754. The fraction of sp³-hybridized carbons (Fsp3) is 0.800. The maximum atomic E-state index is 9.40. The topological polar surface area (TPSA) is 66.5 Å². The van der Waals surface area contributed by atoms with Gasteiger partial charge < -0.3 is 15.9 Å². The Balaban J connectivity index is 4.11.